The summed E-state index contributed by atoms with van der Waals surface area (Å²) in [6.45, 7) is 2.08. The van der Waals surface area contributed by atoms with Crippen LogP contribution in [0.4, 0.5) is 17.1 Å². The summed E-state index contributed by atoms with van der Waals surface area (Å²) in [4.78, 5) is 14.6. The number of anilines is 3. The normalized spacial score (nSPS) is 15.2. The summed E-state index contributed by atoms with van der Waals surface area (Å²) < 4.78 is 0. The maximum atomic E-state index is 5.41. The molecule has 6 aromatic carbocycles. The molecule has 1 aliphatic heterocycles. The summed E-state index contributed by atoms with van der Waals surface area (Å²) in [5.74, 6) is 0. The third-order valence-electron chi connectivity index (χ3n) is 9.75. The van der Waals surface area contributed by atoms with Crippen molar-refractivity contribution in [3.63, 3.8) is 0 Å². The fourth-order valence-electron chi connectivity index (χ4n) is 7.53. The summed E-state index contributed by atoms with van der Waals surface area (Å²) in [7, 11) is 2.06. The Morgan fingerprint density at radius 2 is 1.33 bits per heavy atom. The molecule has 0 saturated carbocycles. The Kier molecular flexibility index (Phi) is 8.98. The van der Waals surface area contributed by atoms with Gasteiger partial charge in [0.05, 0.1) is 11.1 Å². The van der Waals surface area contributed by atoms with E-state index in [1.165, 1.54) is 28.1 Å². The number of pyridine rings is 2. The van der Waals surface area contributed by atoms with Crippen LogP contribution in [0.1, 0.15) is 22.5 Å². The van der Waals surface area contributed by atoms with Gasteiger partial charge in [0.1, 0.15) is 0 Å². The minimum Gasteiger partial charge on any atom is -0.504 e. The molecular weight excluding hydrogens is 813 g/mol. The fraction of sp³-hybridized carbons (Fsp3) is 0.0426. The van der Waals surface area contributed by atoms with Crippen LogP contribution in [0, 0.1) is 24.9 Å². The second-order valence-electron chi connectivity index (χ2n) is 12.7. The summed E-state index contributed by atoms with van der Waals surface area (Å²) in [5.41, 5.74) is 11.3. The number of hydrogen-bond donors (Lipinski definition) is 0. The molecule has 0 fully saturated rings. The Labute approximate surface area is 318 Å². The molecule has 0 amide bonds. The van der Waals surface area contributed by atoms with Crippen molar-refractivity contribution < 1.29 is 20.1 Å². The number of fused-ring (bicyclic) bond motifs is 5. The molecule has 2 aromatic heterocycles. The van der Waals surface area contributed by atoms with Gasteiger partial charge >= 0.3 is 0 Å². The first-order chi connectivity index (χ1) is 25.2. The van der Waals surface area contributed by atoms with Gasteiger partial charge in [-0.05, 0) is 59.4 Å². The maximum Gasteiger partial charge on any atom is 0.0814 e. The first-order valence-electron chi connectivity index (χ1n) is 17.1. The van der Waals surface area contributed by atoms with E-state index in [9.17, 15) is 0 Å². The molecule has 0 unspecified atom stereocenters. The van der Waals surface area contributed by atoms with Gasteiger partial charge in [0.2, 0.25) is 0 Å². The molecule has 1 aliphatic carbocycles. The average molecular weight is 845 g/mol. The van der Waals surface area contributed by atoms with Crippen molar-refractivity contribution in [2.75, 3.05) is 16.8 Å². The average Bonchev–Trinajstić information content (AvgIpc) is 3.71. The predicted octanol–water partition coefficient (Wildman–Crippen LogP) is 10.5. The largest absolute Gasteiger partial charge is 0.504 e. The molecule has 8 aromatic rings. The number of rotatable bonds is 4. The van der Waals surface area contributed by atoms with Gasteiger partial charge in [0, 0.05) is 43.4 Å². The molecule has 0 bridgehead atoms. The van der Waals surface area contributed by atoms with Crippen molar-refractivity contribution in [1.82, 2.24) is 9.97 Å². The summed E-state index contributed by atoms with van der Waals surface area (Å²) in [6.07, 6.45) is 1.87. The maximum absolute atomic E-state index is 5.41. The first kappa shape index (κ1) is 33.3. The molecule has 3 heterocycles. The molecule has 4 nitrogen and oxygen atoms in total. The molecule has 10 rings (SSSR count). The van der Waals surface area contributed by atoms with E-state index in [1.54, 1.807) is 0 Å². The van der Waals surface area contributed by atoms with Gasteiger partial charge in [-0.1, -0.05) is 72.3 Å². The minimum absolute atomic E-state index is 0. The van der Waals surface area contributed by atoms with Crippen LogP contribution >= 0.6 is 0 Å². The molecule has 0 N–H and O–H groups in total. The van der Waals surface area contributed by atoms with E-state index in [0.717, 1.165) is 44.7 Å². The minimum atomic E-state index is -0.679. The van der Waals surface area contributed by atoms with Gasteiger partial charge < -0.3 is 9.80 Å². The van der Waals surface area contributed by atoms with Crippen molar-refractivity contribution in [2.24, 2.45) is 0 Å². The molecule has 1 radical (unpaired) electrons. The molecule has 5 heteroatoms. The van der Waals surface area contributed by atoms with Crippen LogP contribution in [-0.2, 0) is 25.5 Å². The molecule has 2 aliphatic rings. The Bertz CT molecular complexity index is 2440. The molecule has 253 valence electrons. The molecular formula is C47H32IrN4-4. The Hall–Kier alpha value is -5.87. The van der Waals surface area contributed by atoms with Crippen molar-refractivity contribution >= 4 is 27.8 Å². The number of para-hydroxylation sites is 3. The van der Waals surface area contributed by atoms with Crippen LogP contribution in [0.25, 0.3) is 33.2 Å². The van der Waals surface area contributed by atoms with E-state index in [1.807, 2.05) is 54.7 Å². The van der Waals surface area contributed by atoms with Gasteiger partial charge in [0.15, 0.2) is 0 Å². The second-order valence-corrected chi connectivity index (χ2v) is 12.7. The Morgan fingerprint density at radius 1 is 0.615 bits per heavy atom. The van der Waals surface area contributed by atoms with Crippen molar-refractivity contribution in [3.8, 4) is 22.4 Å². The molecule has 0 saturated heterocycles. The van der Waals surface area contributed by atoms with E-state index < -0.39 is 5.41 Å². The van der Waals surface area contributed by atoms with E-state index in [4.69, 9.17) is 9.97 Å². The summed E-state index contributed by atoms with van der Waals surface area (Å²) in [6, 6.07) is 66.3. The molecule has 0 spiro atoms. The van der Waals surface area contributed by atoms with Gasteiger partial charge in [-0.25, -0.2) is 0 Å². The van der Waals surface area contributed by atoms with Crippen LogP contribution in [0.5, 0.6) is 0 Å². The summed E-state index contributed by atoms with van der Waals surface area (Å²) in [5, 5.41) is 2.25. The number of nitrogens with zero attached hydrogens (tertiary/aromatic N) is 4. The number of benzene rings is 6. The third-order valence-corrected chi connectivity index (χ3v) is 9.75. The smallest absolute Gasteiger partial charge is 0.0814 e. The summed E-state index contributed by atoms with van der Waals surface area (Å²) >= 11 is 0. The zero-order valence-corrected chi connectivity index (χ0v) is 30.8. The number of aromatic nitrogens is 2. The van der Waals surface area contributed by atoms with Gasteiger partial charge in [0.25, 0.3) is 0 Å². The standard InChI is InChI=1S/C33H20N2.C14H12N2.Ir/c1-2-12-23(13-3-1)32-25-15-5-4-14-24(25)22-31(35-32)33(30-20-10-11-21-34-30)28-18-8-6-16-26(28)27-17-7-9-19-29(27)33;1-15-11-16(12-7-3-2-4-8-12)14-10-6-5-9-13(14)15;/h1-12,14-18,20-22H;2-7,9-11H,1H3;/q2*-2;/t33-;;/m0../s1. The SMILES string of the molecule is CN1[CH-]N(c2[c-]cccc2)c2ccccc21.[Ir].[c-]1ccccc1-c1nc([C@]2(c3ccccn3)c3[c-]cccc3-c3ccccc32)cc2ccccc12. The predicted molar refractivity (Wildman–Crippen MR) is 207 cm³/mol. The van der Waals surface area contributed by atoms with Gasteiger partial charge in [-0.15, -0.1) is 52.7 Å². The monoisotopic (exact) mass is 845 g/mol. The second kappa shape index (κ2) is 14.0. The van der Waals surface area contributed by atoms with Gasteiger partial charge in [-0.2, -0.15) is 61.3 Å². The van der Waals surface area contributed by atoms with E-state index >= 15 is 0 Å². The van der Waals surface area contributed by atoms with E-state index in [-0.39, 0.29) is 20.1 Å². The van der Waals surface area contributed by atoms with Crippen LogP contribution in [0.2, 0.25) is 0 Å². The first-order valence-corrected chi connectivity index (χ1v) is 17.1. The van der Waals surface area contributed by atoms with Crippen LogP contribution in [-0.4, -0.2) is 17.0 Å². The van der Waals surface area contributed by atoms with Gasteiger partial charge in [-0.3, -0.25) is 9.97 Å². The Morgan fingerprint density at radius 3 is 2.13 bits per heavy atom. The third kappa shape index (κ3) is 5.50. The van der Waals surface area contributed by atoms with Crippen LogP contribution in [0.3, 0.4) is 0 Å². The Balaban J connectivity index is 0.000000191. The zero-order chi connectivity index (χ0) is 34.2. The number of hydrogen-bond acceptors (Lipinski definition) is 4. The van der Waals surface area contributed by atoms with Crippen molar-refractivity contribution in [1.29, 1.82) is 0 Å². The van der Waals surface area contributed by atoms with E-state index in [0.29, 0.717) is 0 Å². The molecule has 1 atom stereocenters. The molecule has 52 heavy (non-hydrogen) atoms. The van der Waals surface area contributed by atoms with Crippen LogP contribution < -0.4 is 9.80 Å². The topological polar surface area (TPSA) is 32.3 Å². The quantitative estimate of drug-likeness (QED) is 0.165. The van der Waals surface area contributed by atoms with Crippen molar-refractivity contribution in [3.05, 3.63) is 217 Å². The van der Waals surface area contributed by atoms with E-state index in [2.05, 4.69) is 157 Å². The van der Waals surface area contributed by atoms with Crippen LogP contribution in [0.15, 0.2) is 170 Å². The van der Waals surface area contributed by atoms with Crippen molar-refractivity contribution in [2.45, 2.75) is 5.41 Å². The fourth-order valence-corrected chi connectivity index (χ4v) is 7.53. The zero-order valence-electron chi connectivity index (χ0n) is 28.4.